The number of ketones is 1. The van der Waals surface area contributed by atoms with Gasteiger partial charge in [-0.2, -0.15) is 0 Å². The molecule has 0 aliphatic heterocycles. The zero-order chi connectivity index (χ0) is 9.40. The van der Waals surface area contributed by atoms with Crippen LogP contribution in [0.4, 0.5) is 0 Å². The molecule has 0 heterocycles. The molecule has 0 aliphatic rings. The molecule has 0 spiro atoms. The summed E-state index contributed by atoms with van der Waals surface area (Å²) < 4.78 is 0. The second-order valence-electron chi connectivity index (χ2n) is 3.15. The molecule has 0 aliphatic carbocycles. The molecule has 0 aromatic carbocycles. The Bertz CT molecular complexity index is 175. The molecule has 0 amide bonds. The van der Waals surface area contributed by atoms with E-state index in [1.54, 1.807) is 6.08 Å². The lowest BCUT2D eigenvalue weighted by Gasteiger charge is -1.91. The maximum atomic E-state index is 11.1. The van der Waals surface area contributed by atoms with Crippen LogP contribution in [0.2, 0.25) is 0 Å². The van der Waals surface area contributed by atoms with Crippen LogP contribution in [-0.4, -0.2) is 5.78 Å². The first-order valence-corrected chi connectivity index (χ1v) is 4.52. The maximum absolute atomic E-state index is 11.1. The maximum Gasteiger partial charge on any atom is 0.159 e. The van der Waals surface area contributed by atoms with Crippen molar-refractivity contribution in [1.29, 1.82) is 0 Å². The third-order valence-corrected chi connectivity index (χ3v) is 1.39. The highest BCUT2D eigenvalue weighted by atomic mass is 16.1. The van der Waals surface area contributed by atoms with Gasteiger partial charge in [-0.1, -0.05) is 39.0 Å². The van der Waals surface area contributed by atoms with Crippen LogP contribution < -0.4 is 0 Å². The van der Waals surface area contributed by atoms with Crippen LogP contribution >= 0.6 is 0 Å². The van der Waals surface area contributed by atoms with E-state index in [4.69, 9.17) is 0 Å². The quantitative estimate of drug-likeness (QED) is 0.453. The molecule has 0 atom stereocenters. The van der Waals surface area contributed by atoms with E-state index in [1.807, 2.05) is 18.2 Å². The summed E-state index contributed by atoms with van der Waals surface area (Å²) in [5, 5.41) is 0. The van der Waals surface area contributed by atoms with Crippen molar-refractivity contribution in [2.75, 3.05) is 0 Å². The molecular formula is C11H18O. The van der Waals surface area contributed by atoms with Crippen LogP contribution in [0.25, 0.3) is 0 Å². The summed E-state index contributed by atoms with van der Waals surface area (Å²) in [6, 6.07) is 0. The lowest BCUT2D eigenvalue weighted by atomic mass is 10.1. The SMILES string of the molecule is CC/C=C\CC(=O)/C=C/C(C)C. The van der Waals surface area contributed by atoms with Gasteiger partial charge >= 0.3 is 0 Å². The van der Waals surface area contributed by atoms with Crippen molar-refractivity contribution in [2.45, 2.75) is 33.6 Å². The van der Waals surface area contributed by atoms with Crippen molar-refractivity contribution in [1.82, 2.24) is 0 Å². The summed E-state index contributed by atoms with van der Waals surface area (Å²) in [7, 11) is 0. The van der Waals surface area contributed by atoms with E-state index in [2.05, 4.69) is 20.8 Å². The molecule has 0 bridgehead atoms. The van der Waals surface area contributed by atoms with Gasteiger partial charge in [0.1, 0.15) is 0 Å². The van der Waals surface area contributed by atoms with Crippen LogP contribution in [-0.2, 0) is 4.79 Å². The van der Waals surface area contributed by atoms with Gasteiger partial charge in [-0.15, -0.1) is 0 Å². The molecule has 0 aromatic rings. The Morgan fingerprint density at radius 2 is 2.00 bits per heavy atom. The fourth-order valence-electron chi connectivity index (χ4n) is 0.734. The first-order valence-electron chi connectivity index (χ1n) is 4.52. The Labute approximate surface area is 75.2 Å². The van der Waals surface area contributed by atoms with Crippen molar-refractivity contribution in [3.63, 3.8) is 0 Å². The van der Waals surface area contributed by atoms with Gasteiger partial charge in [-0.3, -0.25) is 4.79 Å². The Hall–Kier alpha value is -0.850. The molecule has 1 heteroatoms. The molecule has 0 aromatic heterocycles. The summed E-state index contributed by atoms with van der Waals surface area (Å²) in [6.07, 6.45) is 9.08. The van der Waals surface area contributed by atoms with E-state index in [0.29, 0.717) is 12.3 Å². The molecule has 0 rings (SSSR count). The van der Waals surface area contributed by atoms with Gasteiger partial charge in [0.25, 0.3) is 0 Å². The Morgan fingerprint density at radius 3 is 2.50 bits per heavy atom. The number of rotatable bonds is 5. The minimum atomic E-state index is 0.188. The van der Waals surface area contributed by atoms with Gasteiger partial charge in [0.15, 0.2) is 5.78 Å². The number of hydrogen-bond donors (Lipinski definition) is 0. The van der Waals surface area contributed by atoms with Gasteiger partial charge in [0.2, 0.25) is 0 Å². The summed E-state index contributed by atoms with van der Waals surface area (Å²) in [5.74, 6) is 0.650. The van der Waals surface area contributed by atoms with E-state index >= 15 is 0 Å². The van der Waals surface area contributed by atoms with Crippen molar-refractivity contribution < 1.29 is 4.79 Å². The van der Waals surface area contributed by atoms with Crippen molar-refractivity contribution in [3.05, 3.63) is 24.3 Å². The number of carbonyl (C=O) groups is 1. The lowest BCUT2D eigenvalue weighted by molar-refractivity contribution is -0.113. The fraction of sp³-hybridized carbons (Fsp3) is 0.545. The Morgan fingerprint density at radius 1 is 1.33 bits per heavy atom. The van der Waals surface area contributed by atoms with Crippen LogP contribution in [0.3, 0.4) is 0 Å². The van der Waals surface area contributed by atoms with Gasteiger partial charge in [-0.25, -0.2) is 0 Å². The van der Waals surface area contributed by atoms with Gasteiger partial charge in [-0.05, 0) is 18.4 Å². The molecule has 0 N–H and O–H groups in total. The summed E-state index contributed by atoms with van der Waals surface area (Å²) in [4.78, 5) is 11.1. The molecule has 0 unspecified atom stereocenters. The molecule has 0 fully saturated rings. The number of hydrogen-bond acceptors (Lipinski definition) is 1. The van der Waals surface area contributed by atoms with Crippen LogP contribution in [0.15, 0.2) is 24.3 Å². The predicted molar refractivity (Wildman–Crippen MR) is 53.0 cm³/mol. The smallest absolute Gasteiger partial charge is 0.159 e. The van der Waals surface area contributed by atoms with E-state index in [9.17, 15) is 4.79 Å². The van der Waals surface area contributed by atoms with E-state index < -0.39 is 0 Å². The second-order valence-corrected chi connectivity index (χ2v) is 3.15. The normalized spacial score (nSPS) is 12.0. The molecule has 68 valence electrons. The van der Waals surface area contributed by atoms with Crippen LogP contribution in [0.1, 0.15) is 33.6 Å². The zero-order valence-electron chi connectivity index (χ0n) is 8.21. The van der Waals surface area contributed by atoms with E-state index in [1.165, 1.54) is 0 Å². The lowest BCUT2D eigenvalue weighted by Crippen LogP contribution is -1.90. The summed E-state index contributed by atoms with van der Waals surface area (Å²) >= 11 is 0. The van der Waals surface area contributed by atoms with Crippen LogP contribution in [0.5, 0.6) is 0 Å². The predicted octanol–water partition coefficient (Wildman–Crippen LogP) is 3.12. The number of carbonyl (C=O) groups excluding carboxylic acids is 1. The first kappa shape index (κ1) is 11.2. The standard InChI is InChI=1S/C11H18O/c1-4-5-6-7-11(12)9-8-10(2)3/h5-6,8-10H,4,7H2,1-3H3/b6-5-,9-8+. The monoisotopic (exact) mass is 166 g/mol. The Balaban J connectivity index is 3.67. The third-order valence-electron chi connectivity index (χ3n) is 1.39. The van der Waals surface area contributed by atoms with Crippen molar-refractivity contribution in [3.8, 4) is 0 Å². The highest BCUT2D eigenvalue weighted by molar-refractivity contribution is 5.90. The molecular weight excluding hydrogens is 148 g/mol. The van der Waals surface area contributed by atoms with Crippen molar-refractivity contribution >= 4 is 5.78 Å². The van der Waals surface area contributed by atoms with Gasteiger partial charge in [0.05, 0.1) is 0 Å². The molecule has 0 saturated heterocycles. The van der Waals surface area contributed by atoms with Gasteiger partial charge < -0.3 is 0 Å². The van der Waals surface area contributed by atoms with Crippen molar-refractivity contribution in [2.24, 2.45) is 5.92 Å². The third kappa shape index (κ3) is 7.26. The minimum Gasteiger partial charge on any atom is -0.295 e. The highest BCUT2D eigenvalue weighted by Gasteiger charge is 1.91. The topological polar surface area (TPSA) is 17.1 Å². The average Bonchev–Trinajstić information content (AvgIpc) is 2.01. The van der Waals surface area contributed by atoms with E-state index in [0.717, 1.165) is 6.42 Å². The summed E-state index contributed by atoms with van der Waals surface area (Å²) in [6.45, 7) is 6.18. The zero-order valence-corrected chi connectivity index (χ0v) is 8.21. The highest BCUT2D eigenvalue weighted by Crippen LogP contribution is 1.96. The second kappa shape index (κ2) is 6.84. The molecule has 12 heavy (non-hydrogen) atoms. The summed E-state index contributed by atoms with van der Waals surface area (Å²) in [5.41, 5.74) is 0. The molecule has 0 radical (unpaired) electrons. The minimum absolute atomic E-state index is 0.188. The van der Waals surface area contributed by atoms with Gasteiger partial charge in [0, 0.05) is 6.42 Å². The van der Waals surface area contributed by atoms with E-state index in [-0.39, 0.29) is 5.78 Å². The fourth-order valence-corrected chi connectivity index (χ4v) is 0.734. The first-order chi connectivity index (χ1) is 5.66. The largest absolute Gasteiger partial charge is 0.295 e. The Kier molecular flexibility index (Phi) is 6.35. The average molecular weight is 166 g/mol. The van der Waals surface area contributed by atoms with Crippen LogP contribution in [0, 0.1) is 5.92 Å². The molecule has 0 saturated carbocycles. The molecule has 1 nitrogen and oxygen atoms in total. The number of allylic oxidation sites excluding steroid dienone is 4.